The molecule has 0 heterocycles. The van der Waals surface area contributed by atoms with Gasteiger partial charge in [-0.3, -0.25) is 4.21 Å². The van der Waals surface area contributed by atoms with Crippen molar-refractivity contribution in [3.05, 3.63) is 35.9 Å². The normalized spacial score (nSPS) is 12.7. The van der Waals surface area contributed by atoms with Gasteiger partial charge in [0.15, 0.2) is 0 Å². The Morgan fingerprint density at radius 3 is 2.54 bits per heavy atom. The summed E-state index contributed by atoms with van der Waals surface area (Å²) in [7, 11) is -0.671. The van der Waals surface area contributed by atoms with E-state index in [1.54, 1.807) is 0 Å². The Morgan fingerprint density at radius 1 is 1.23 bits per heavy atom. The maximum atomic E-state index is 11.5. The summed E-state index contributed by atoms with van der Waals surface area (Å²) >= 11 is 0. The molecule has 0 spiro atoms. The standard InChI is InChI=1S/C11H16OS/c1-2-3-9-13(12)10-11-7-5-4-6-8-11/h4-8H,2-3,9-10H2,1H3/t13-/m1/s1. The zero-order chi connectivity index (χ0) is 9.52. The van der Waals surface area contributed by atoms with Crippen LogP contribution in [0.3, 0.4) is 0 Å². The molecule has 0 unspecified atom stereocenters. The molecule has 0 saturated heterocycles. The van der Waals surface area contributed by atoms with Gasteiger partial charge in [-0.25, -0.2) is 0 Å². The van der Waals surface area contributed by atoms with E-state index in [0.29, 0.717) is 5.75 Å². The van der Waals surface area contributed by atoms with Crippen LogP contribution in [0.4, 0.5) is 0 Å². The summed E-state index contributed by atoms with van der Waals surface area (Å²) in [4.78, 5) is 0. The third-order valence-electron chi connectivity index (χ3n) is 1.90. The van der Waals surface area contributed by atoms with E-state index in [9.17, 15) is 4.21 Å². The molecule has 0 fully saturated rings. The number of benzene rings is 1. The summed E-state index contributed by atoms with van der Waals surface area (Å²) in [6.07, 6.45) is 2.19. The predicted octanol–water partition coefficient (Wildman–Crippen LogP) is 2.74. The van der Waals surface area contributed by atoms with E-state index >= 15 is 0 Å². The maximum absolute atomic E-state index is 11.5. The molecule has 72 valence electrons. The van der Waals surface area contributed by atoms with Gasteiger partial charge in [-0.2, -0.15) is 0 Å². The minimum absolute atomic E-state index is 0.671. The van der Waals surface area contributed by atoms with Crippen LogP contribution < -0.4 is 0 Å². The lowest BCUT2D eigenvalue weighted by Crippen LogP contribution is -2.00. The lowest BCUT2D eigenvalue weighted by molar-refractivity contribution is 0.679. The molecule has 1 aromatic rings. The minimum Gasteiger partial charge on any atom is -0.259 e. The van der Waals surface area contributed by atoms with Crippen molar-refractivity contribution in [3.63, 3.8) is 0 Å². The summed E-state index contributed by atoms with van der Waals surface area (Å²) in [5.41, 5.74) is 1.18. The van der Waals surface area contributed by atoms with Gasteiger partial charge >= 0.3 is 0 Å². The lowest BCUT2D eigenvalue weighted by Gasteiger charge is -2.00. The molecule has 0 saturated carbocycles. The van der Waals surface area contributed by atoms with E-state index in [1.165, 1.54) is 5.56 Å². The Labute approximate surface area is 82.6 Å². The van der Waals surface area contributed by atoms with E-state index in [2.05, 4.69) is 6.92 Å². The molecule has 0 aliphatic heterocycles. The van der Waals surface area contributed by atoms with Gasteiger partial charge in [0.05, 0.1) is 0 Å². The SMILES string of the molecule is CCCC[S@@](=O)Cc1ccccc1. The van der Waals surface area contributed by atoms with Crippen molar-refractivity contribution >= 4 is 10.8 Å². The molecule has 1 rings (SSSR count). The van der Waals surface area contributed by atoms with E-state index in [4.69, 9.17) is 0 Å². The van der Waals surface area contributed by atoms with Crippen molar-refractivity contribution in [1.29, 1.82) is 0 Å². The quantitative estimate of drug-likeness (QED) is 0.707. The fourth-order valence-corrected chi connectivity index (χ4v) is 2.46. The van der Waals surface area contributed by atoms with Gasteiger partial charge in [0, 0.05) is 22.3 Å². The van der Waals surface area contributed by atoms with E-state index in [-0.39, 0.29) is 0 Å². The van der Waals surface area contributed by atoms with Crippen LogP contribution in [0, 0.1) is 0 Å². The van der Waals surface area contributed by atoms with Crippen molar-refractivity contribution in [2.24, 2.45) is 0 Å². The third kappa shape index (κ3) is 4.23. The van der Waals surface area contributed by atoms with Crippen LogP contribution in [0.1, 0.15) is 25.3 Å². The monoisotopic (exact) mass is 196 g/mol. The molecule has 0 amide bonds. The van der Waals surface area contributed by atoms with Gasteiger partial charge in [-0.05, 0) is 12.0 Å². The molecular weight excluding hydrogens is 180 g/mol. The second-order valence-electron chi connectivity index (χ2n) is 3.13. The van der Waals surface area contributed by atoms with Crippen molar-refractivity contribution in [1.82, 2.24) is 0 Å². The highest BCUT2D eigenvalue weighted by atomic mass is 32.2. The van der Waals surface area contributed by atoms with Gasteiger partial charge in [0.1, 0.15) is 0 Å². The third-order valence-corrected chi connectivity index (χ3v) is 3.30. The molecule has 0 aromatic heterocycles. The molecule has 0 radical (unpaired) electrons. The van der Waals surface area contributed by atoms with Crippen LogP contribution in [0.5, 0.6) is 0 Å². The first-order chi connectivity index (χ1) is 6.33. The summed E-state index contributed by atoms with van der Waals surface area (Å²) in [6, 6.07) is 10.0. The molecule has 1 nitrogen and oxygen atoms in total. The second-order valence-corrected chi connectivity index (χ2v) is 4.70. The number of hydrogen-bond acceptors (Lipinski definition) is 1. The average Bonchev–Trinajstić information content (AvgIpc) is 2.16. The van der Waals surface area contributed by atoms with E-state index < -0.39 is 10.8 Å². The largest absolute Gasteiger partial charge is 0.259 e. The number of unbranched alkanes of at least 4 members (excludes halogenated alkanes) is 1. The molecule has 1 aromatic carbocycles. The molecule has 1 atom stereocenters. The van der Waals surface area contributed by atoms with Crippen molar-refractivity contribution in [2.75, 3.05) is 5.75 Å². The van der Waals surface area contributed by atoms with Crippen LogP contribution >= 0.6 is 0 Å². The van der Waals surface area contributed by atoms with Crippen LogP contribution in [-0.4, -0.2) is 9.96 Å². The second kappa shape index (κ2) is 5.92. The van der Waals surface area contributed by atoms with Gasteiger partial charge in [0.2, 0.25) is 0 Å². The number of hydrogen-bond donors (Lipinski definition) is 0. The molecule has 2 heteroatoms. The molecule has 0 aliphatic rings. The summed E-state index contributed by atoms with van der Waals surface area (Å²) in [6.45, 7) is 2.12. The summed E-state index contributed by atoms with van der Waals surface area (Å²) < 4.78 is 11.5. The molecule has 0 N–H and O–H groups in total. The van der Waals surface area contributed by atoms with Crippen LogP contribution in [-0.2, 0) is 16.6 Å². The smallest absolute Gasteiger partial charge is 0.0485 e. The van der Waals surface area contributed by atoms with Gasteiger partial charge in [0.25, 0.3) is 0 Å². The zero-order valence-corrected chi connectivity index (χ0v) is 8.85. The Hall–Kier alpha value is -0.630. The molecular formula is C11H16OS. The van der Waals surface area contributed by atoms with Crippen molar-refractivity contribution < 1.29 is 4.21 Å². The summed E-state index contributed by atoms with van der Waals surface area (Å²) in [5, 5.41) is 0. The molecule has 0 aliphatic carbocycles. The molecule has 0 bridgehead atoms. The van der Waals surface area contributed by atoms with Gasteiger partial charge in [-0.1, -0.05) is 43.7 Å². The van der Waals surface area contributed by atoms with Crippen molar-refractivity contribution in [2.45, 2.75) is 25.5 Å². The lowest BCUT2D eigenvalue weighted by atomic mass is 10.2. The van der Waals surface area contributed by atoms with Gasteiger partial charge < -0.3 is 0 Å². The fourth-order valence-electron chi connectivity index (χ4n) is 1.14. The Bertz CT molecular complexity index is 256. The average molecular weight is 196 g/mol. The highest BCUT2D eigenvalue weighted by Gasteiger charge is 1.99. The highest BCUT2D eigenvalue weighted by Crippen LogP contribution is 2.04. The zero-order valence-electron chi connectivity index (χ0n) is 8.03. The van der Waals surface area contributed by atoms with Crippen LogP contribution in [0.25, 0.3) is 0 Å². The Kier molecular flexibility index (Phi) is 4.76. The maximum Gasteiger partial charge on any atom is 0.0485 e. The molecule has 13 heavy (non-hydrogen) atoms. The van der Waals surface area contributed by atoms with Crippen LogP contribution in [0.2, 0.25) is 0 Å². The topological polar surface area (TPSA) is 17.1 Å². The first kappa shape index (κ1) is 10.5. The minimum atomic E-state index is -0.671. The van der Waals surface area contributed by atoms with Crippen LogP contribution in [0.15, 0.2) is 30.3 Å². The fraction of sp³-hybridized carbons (Fsp3) is 0.455. The number of rotatable bonds is 5. The predicted molar refractivity (Wildman–Crippen MR) is 58.1 cm³/mol. The highest BCUT2D eigenvalue weighted by molar-refractivity contribution is 7.84. The Morgan fingerprint density at radius 2 is 1.92 bits per heavy atom. The summed E-state index contributed by atoms with van der Waals surface area (Å²) in [5.74, 6) is 1.55. The van der Waals surface area contributed by atoms with Gasteiger partial charge in [-0.15, -0.1) is 0 Å². The van der Waals surface area contributed by atoms with E-state index in [0.717, 1.165) is 18.6 Å². The first-order valence-corrected chi connectivity index (χ1v) is 6.20. The van der Waals surface area contributed by atoms with Crippen molar-refractivity contribution in [3.8, 4) is 0 Å². The van der Waals surface area contributed by atoms with E-state index in [1.807, 2.05) is 30.3 Å². The Balaban J connectivity index is 2.37. The first-order valence-electron chi connectivity index (χ1n) is 4.72.